The van der Waals surface area contributed by atoms with Gasteiger partial charge in [0.25, 0.3) is 0 Å². The van der Waals surface area contributed by atoms with Crippen LogP contribution in [0.15, 0.2) is 12.1 Å². The van der Waals surface area contributed by atoms with Gasteiger partial charge < -0.3 is 15.6 Å². The molecule has 3 N–H and O–H groups in total. The molecule has 1 heterocycles. The van der Waals surface area contributed by atoms with Crippen LogP contribution in [0.4, 0.5) is 10.3 Å². The first kappa shape index (κ1) is 12.6. The Kier molecular flexibility index (Phi) is 3.38. The summed E-state index contributed by atoms with van der Waals surface area (Å²) in [6, 6.07) is 2.71. The Bertz CT molecular complexity index is 611. The molecular formula is C11H12ClFN4O. The smallest absolute Gasteiger partial charge is 0.216 e. The third-order valence-corrected chi connectivity index (χ3v) is 2.82. The first-order chi connectivity index (χ1) is 8.49. The highest BCUT2D eigenvalue weighted by atomic mass is 35.5. The summed E-state index contributed by atoms with van der Waals surface area (Å²) in [6.45, 7) is 2.30. The lowest BCUT2D eigenvalue weighted by molar-refractivity contribution is -0.118. The summed E-state index contributed by atoms with van der Waals surface area (Å²) < 4.78 is 14.9. The second-order valence-corrected chi connectivity index (χ2v) is 4.27. The molecular weight excluding hydrogens is 259 g/mol. The molecule has 0 aliphatic rings. The third kappa shape index (κ3) is 2.38. The van der Waals surface area contributed by atoms with Gasteiger partial charge in [0.2, 0.25) is 11.9 Å². The maximum absolute atomic E-state index is 13.3. The van der Waals surface area contributed by atoms with Crippen molar-refractivity contribution in [2.75, 3.05) is 12.3 Å². The van der Waals surface area contributed by atoms with Crippen molar-refractivity contribution in [3.8, 4) is 0 Å². The normalized spacial score (nSPS) is 10.8. The molecule has 1 aromatic heterocycles. The minimum atomic E-state index is -0.532. The van der Waals surface area contributed by atoms with Crippen molar-refractivity contribution in [2.45, 2.75) is 13.5 Å². The van der Waals surface area contributed by atoms with Crippen molar-refractivity contribution in [2.24, 2.45) is 0 Å². The van der Waals surface area contributed by atoms with E-state index < -0.39 is 5.82 Å². The van der Waals surface area contributed by atoms with Gasteiger partial charge in [-0.25, -0.2) is 9.37 Å². The topological polar surface area (TPSA) is 72.9 Å². The maximum Gasteiger partial charge on any atom is 0.216 e. The zero-order valence-electron chi connectivity index (χ0n) is 9.70. The van der Waals surface area contributed by atoms with Gasteiger partial charge >= 0.3 is 0 Å². The number of carbonyl (C=O) groups excluding carboxylic acids is 1. The molecule has 0 saturated heterocycles. The Morgan fingerprint density at radius 2 is 2.33 bits per heavy atom. The number of carbonyl (C=O) groups is 1. The average molecular weight is 271 g/mol. The number of nitrogens with one attached hydrogen (secondary N) is 1. The van der Waals surface area contributed by atoms with E-state index in [4.69, 9.17) is 17.3 Å². The zero-order valence-corrected chi connectivity index (χ0v) is 10.5. The van der Waals surface area contributed by atoms with Crippen molar-refractivity contribution >= 4 is 34.5 Å². The van der Waals surface area contributed by atoms with Crippen LogP contribution in [0.5, 0.6) is 0 Å². The van der Waals surface area contributed by atoms with Gasteiger partial charge in [-0.1, -0.05) is 11.6 Å². The standard InChI is InChI=1S/C11H12ClFN4O/c1-6(18)15-2-3-17-10-4-7(12)8(13)5-9(10)16-11(17)14/h4-5H,2-3H2,1H3,(H2,14,16)(H,15,18). The average Bonchev–Trinajstić information content (AvgIpc) is 2.56. The van der Waals surface area contributed by atoms with Crippen molar-refractivity contribution in [3.63, 3.8) is 0 Å². The summed E-state index contributed by atoms with van der Waals surface area (Å²) in [5.74, 6) is -0.394. The molecule has 0 aliphatic heterocycles. The Morgan fingerprint density at radius 1 is 1.61 bits per heavy atom. The summed E-state index contributed by atoms with van der Waals surface area (Å²) in [7, 11) is 0. The number of halogens is 2. The lowest BCUT2D eigenvalue weighted by Gasteiger charge is -2.07. The summed E-state index contributed by atoms with van der Waals surface area (Å²) >= 11 is 5.73. The molecule has 5 nitrogen and oxygen atoms in total. The van der Waals surface area contributed by atoms with Gasteiger partial charge in [0.05, 0.1) is 16.1 Å². The molecule has 1 aromatic carbocycles. The molecule has 0 fully saturated rings. The zero-order chi connectivity index (χ0) is 13.3. The summed E-state index contributed by atoms with van der Waals surface area (Å²) in [5, 5.41) is 2.67. The lowest BCUT2D eigenvalue weighted by atomic mass is 10.3. The van der Waals surface area contributed by atoms with Gasteiger partial charge in [-0.15, -0.1) is 0 Å². The summed E-state index contributed by atoms with van der Waals surface area (Å²) in [5.41, 5.74) is 6.83. The minimum absolute atomic E-state index is 0.0168. The van der Waals surface area contributed by atoms with Crippen LogP contribution < -0.4 is 11.1 Å². The van der Waals surface area contributed by atoms with E-state index >= 15 is 0 Å². The number of nitrogens with two attached hydrogens (primary N) is 1. The highest BCUT2D eigenvalue weighted by Crippen LogP contribution is 2.24. The fraction of sp³-hybridized carbons (Fsp3) is 0.273. The van der Waals surface area contributed by atoms with Crippen molar-refractivity contribution in [1.29, 1.82) is 0 Å². The Labute approximate surface area is 108 Å². The fourth-order valence-corrected chi connectivity index (χ4v) is 1.88. The van der Waals surface area contributed by atoms with Crippen LogP contribution in [0, 0.1) is 5.82 Å². The first-order valence-corrected chi connectivity index (χ1v) is 5.72. The number of anilines is 1. The number of hydrogen-bond acceptors (Lipinski definition) is 3. The van der Waals surface area contributed by atoms with Crippen LogP contribution in [0.1, 0.15) is 6.92 Å². The summed E-state index contributed by atoms with van der Waals surface area (Å²) in [4.78, 5) is 14.8. The molecule has 0 saturated carbocycles. The van der Waals surface area contributed by atoms with E-state index in [0.29, 0.717) is 24.1 Å². The highest BCUT2D eigenvalue weighted by Gasteiger charge is 2.11. The Hall–Kier alpha value is -1.82. The number of fused-ring (bicyclic) bond motifs is 1. The van der Waals surface area contributed by atoms with E-state index in [1.165, 1.54) is 19.1 Å². The quantitative estimate of drug-likeness (QED) is 0.889. The third-order valence-electron chi connectivity index (χ3n) is 2.53. The second-order valence-electron chi connectivity index (χ2n) is 3.86. The first-order valence-electron chi connectivity index (χ1n) is 5.34. The van der Waals surface area contributed by atoms with E-state index in [1.54, 1.807) is 4.57 Å². The van der Waals surface area contributed by atoms with Crippen molar-refractivity contribution in [1.82, 2.24) is 14.9 Å². The minimum Gasteiger partial charge on any atom is -0.369 e. The van der Waals surface area contributed by atoms with Gasteiger partial charge in [-0.3, -0.25) is 4.79 Å². The van der Waals surface area contributed by atoms with Gasteiger partial charge in [-0.05, 0) is 6.07 Å². The van der Waals surface area contributed by atoms with E-state index in [2.05, 4.69) is 10.3 Å². The van der Waals surface area contributed by atoms with Gasteiger partial charge in [0.1, 0.15) is 5.82 Å². The van der Waals surface area contributed by atoms with Crippen LogP contribution in [0.25, 0.3) is 11.0 Å². The summed E-state index contributed by atoms with van der Waals surface area (Å²) in [6.07, 6.45) is 0. The Balaban J connectivity index is 2.34. The number of hydrogen-bond donors (Lipinski definition) is 2. The number of aromatic nitrogens is 2. The number of nitrogens with zero attached hydrogens (tertiary/aromatic N) is 2. The maximum atomic E-state index is 13.3. The highest BCUT2D eigenvalue weighted by molar-refractivity contribution is 6.31. The molecule has 0 unspecified atom stereocenters. The monoisotopic (exact) mass is 270 g/mol. The number of nitrogen functional groups attached to an aromatic ring is 1. The molecule has 7 heteroatoms. The SMILES string of the molecule is CC(=O)NCCn1c(N)nc2cc(F)c(Cl)cc21. The number of rotatable bonds is 3. The molecule has 0 spiro atoms. The molecule has 0 atom stereocenters. The predicted octanol–water partition coefficient (Wildman–Crippen LogP) is 1.55. The molecule has 2 aromatic rings. The number of amides is 1. The lowest BCUT2D eigenvalue weighted by Crippen LogP contribution is -2.24. The van der Waals surface area contributed by atoms with Crippen LogP contribution in [-0.2, 0) is 11.3 Å². The Morgan fingerprint density at radius 3 is 3.00 bits per heavy atom. The molecule has 0 radical (unpaired) electrons. The van der Waals surface area contributed by atoms with Crippen LogP contribution in [0.3, 0.4) is 0 Å². The van der Waals surface area contributed by atoms with Crippen molar-refractivity contribution < 1.29 is 9.18 Å². The largest absolute Gasteiger partial charge is 0.369 e. The van der Waals surface area contributed by atoms with Gasteiger partial charge in [0.15, 0.2) is 0 Å². The van der Waals surface area contributed by atoms with E-state index in [9.17, 15) is 9.18 Å². The molecule has 0 aliphatic carbocycles. The van der Waals surface area contributed by atoms with Gasteiger partial charge in [0, 0.05) is 26.1 Å². The molecule has 18 heavy (non-hydrogen) atoms. The van der Waals surface area contributed by atoms with Gasteiger partial charge in [-0.2, -0.15) is 0 Å². The fourth-order valence-electron chi connectivity index (χ4n) is 1.72. The van der Waals surface area contributed by atoms with E-state index in [-0.39, 0.29) is 16.9 Å². The second kappa shape index (κ2) is 4.81. The van der Waals surface area contributed by atoms with E-state index in [1.807, 2.05) is 0 Å². The number of benzene rings is 1. The van der Waals surface area contributed by atoms with Crippen LogP contribution in [-0.4, -0.2) is 22.0 Å². The molecule has 2 rings (SSSR count). The molecule has 0 bridgehead atoms. The van der Waals surface area contributed by atoms with E-state index in [0.717, 1.165) is 0 Å². The van der Waals surface area contributed by atoms with Crippen LogP contribution >= 0.6 is 11.6 Å². The van der Waals surface area contributed by atoms with Crippen LogP contribution in [0.2, 0.25) is 5.02 Å². The molecule has 1 amide bonds. The predicted molar refractivity (Wildman–Crippen MR) is 67.8 cm³/mol. The van der Waals surface area contributed by atoms with Crippen molar-refractivity contribution in [3.05, 3.63) is 23.0 Å². The molecule has 96 valence electrons. The number of imidazole rings is 1.